The lowest BCUT2D eigenvalue weighted by Crippen LogP contribution is -1.90. The van der Waals surface area contributed by atoms with Crippen LogP contribution >= 0.6 is 0 Å². The highest BCUT2D eigenvalue weighted by Gasteiger charge is 2.05. The number of phenolic OH excluding ortho intramolecular Hbond substituents is 1. The third-order valence-electron chi connectivity index (χ3n) is 3.68. The van der Waals surface area contributed by atoms with Gasteiger partial charge in [0.2, 0.25) is 0 Å². The van der Waals surface area contributed by atoms with E-state index in [9.17, 15) is 5.11 Å². The second-order valence-corrected chi connectivity index (χ2v) is 5.06. The summed E-state index contributed by atoms with van der Waals surface area (Å²) in [5.74, 6) is 1.12. The van der Waals surface area contributed by atoms with Gasteiger partial charge in [0.1, 0.15) is 0 Å². The number of aliphatic imine (C=N–C) groups is 1. The summed E-state index contributed by atoms with van der Waals surface area (Å²) in [6.07, 6.45) is 2.77. The number of benzene rings is 2. The van der Waals surface area contributed by atoms with Crippen molar-refractivity contribution >= 4 is 11.9 Å². The van der Waals surface area contributed by atoms with Crippen LogP contribution in [0.3, 0.4) is 0 Å². The van der Waals surface area contributed by atoms with Crippen molar-refractivity contribution in [2.75, 3.05) is 7.11 Å². The highest BCUT2D eigenvalue weighted by molar-refractivity contribution is 5.86. The summed E-state index contributed by atoms with van der Waals surface area (Å²) in [6.45, 7) is 4.40. The molecular formula is C18H21NO2. The normalized spacial score (nSPS) is 12.5. The fraction of sp³-hybridized carbons (Fsp3) is 0.278. The SMILES string of the molecule is CC[C@@H](C)c1ccc(N=Cc2cccc(OC)c2O)cc1. The highest BCUT2D eigenvalue weighted by Crippen LogP contribution is 2.28. The minimum Gasteiger partial charge on any atom is -0.504 e. The molecule has 21 heavy (non-hydrogen) atoms. The average molecular weight is 283 g/mol. The number of rotatable bonds is 5. The molecule has 0 saturated carbocycles. The first-order valence-corrected chi connectivity index (χ1v) is 7.15. The van der Waals surface area contributed by atoms with Crippen molar-refractivity contribution in [1.29, 1.82) is 0 Å². The van der Waals surface area contributed by atoms with E-state index in [4.69, 9.17) is 4.74 Å². The van der Waals surface area contributed by atoms with Gasteiger partial charge in [-0.1, -0.05) is 32.0 Å². The molecule has 0 heterocycles. The van der Waals surface area contributed by atoms with Crippen molar-refractivity contribution in [3.8, 4) is 11.5 Å². The van der Waals surface area contributed by atoms with Crippen LogP contribution in [0, 0.1) is 0 Å². The highest BCUT2D eigenvalue weighted by atomic mass is 16.5. The van der Waals surface area contributed by atoms with E-state index >= 15 is 0 Å². The lowest BCUT2D eigenvalue weighted by molar-refractivity contribution is 0.373. The predicted octanol–water partition coefficient (Wildman–Crippen LogP) is 4.66. The van der Waals surface area contributed by atoms with E-state index < -0.39 is 0 Å². The molecule has 1 N–H and O–H groups in total. The van der Waals surface area contributed by atoms with Crippen molar-refractivity contribution in [2.45, 2.75) is 26.2 Å². The molecule has 0 unspecified atom stereocenters. The second kappa shape index (κ2) is 6.93. The molecule has 0 radical (unpaired) electrons. The lowest BCUT2D eigenvalue weighted by Gasteiger charge is -2.08. The molecule has 0 aliphatic rings. The predicted molar refractivity (Wildman–Crippen MR) is 87.1 cm³/mol. The van der Waals surface area contributed by atoms with Crippen LogP contribution in [-0.2, 0) is 0 Å². The molecule has 0 aliphatic heterocycles. The molecular weight excluding hydrogens is 262 g/mol. The maximum Gasteiger partial charge on any atom is 0.166 e. The summed E-state index contributed by atoms with van der Waals surface area (Å²) in [5, 5.41) is 10.00. The van der Waals surface area contributed by atoms with Crippen LogP contribution < -0.4 is 4.74 Å². The Morgan fingerprint density at radius 2 is 1.90 bits per heavy atom. The Bertz CT molecular complexity index is 618. The molecule has 110 valence electrons. The fourth-order valence-electron chi connectivity index (χ4n) is 2.08. The zero-order chi connectivity index (χ0) is 15.2. The molecule has 0 aromatic heterocycles. The lowest BCUT2D eigenvalue weighted by atomic mass is 9.99. The molecule has 3 heteroatoms. The van der Waals surface area contributed by atoms with Gasteiger partial charge < -0.3 is 9.84 Å². The number of ether oxygens (including phenoxy) is 1. The van der Waals surface area contributed by atoms with Gasteiger partial charge in [0.05, 0.1) is 12.8 Å². The number of para-hydroxylation sites is 1. The van der Waals surface area contributed by atoms with Gasteiger partial charge in [0, 0.05) is 11.8 Å². The Kier molecular flexibility index (Phi) is 4.99. The minimum absolute atomic E-state index is 0.111. The standard InChI is InChI=1S/C18H21NO2/c1-4-13(2)14-8-10-16(11-9-14)19-12-15-6-5-7-17(21-3)18(15)20/h5-13,20H,4H2,1-3H3/t13-/m1/s1. The maximum absolute atomic E-state index is 10.00. The summed E-state index contributed by atoms with van der Waals surface area (Å²) < 4.78 is 5.08. The van der Waals surface area contributed by atoms with Crippen LogP contribution in [0.25, 0.3) is 0 Å². The Morgan fingerprint density at radius 3 is 2.52 bits per heavy atom. The summed E-state index contributed by atoms with van der Waals surface area (Å²) in [5.41, 5.74) is 2.82. The minimum atomic E-state index is 0.111. The number of hydrogen-bond donors (Lipinski definition) is 1. The quantitative estimate of drug-likeness (QED) is 0.810. The van der Waals surface area contributed by atoms with Crippen molar-refractivity contribution in [3.63, 3.8) is 0 Å². The van der Waals surface area contributed by atoms with Crippen LogP contribution in [0.5, 0.6) is 11.5 Å². The summed E-state index contributed by atoms with van der Waals surface area (Å²) in [6, 6.07) is 13.5. The molecule has 0 fully saturated rings. The summed E-state index contributed by atoms with van der Waals surface area (Å²) in [4.78, 5) is 4.40. The van der Waals surface area contributed by atoms with E-state index in [1.165, 1.54) is 12.7 Å². The molecule has 0 spiro atoms. The first kappa shape index (κ1) is 15.1. The number of methoxy groups -OCH3 is 1. The van der Waals surface area contributed by atoms with Crippen molar-refractivity contribution < 1.29 is 9.84 Å². The monoisotopic (exact) mass is 283 g/mol. The van der Waals surface area contributed by atoms with Gasteiger partial charge in [0.15, 0.2) is 11.5 Å². The molecule has 0 bridgehead atoms. The molecule has 1 atom stereocenters. The topological polar surface area (TPSA) is 41.8 Å². The Morgan fingerprint density at radius 1 is 1.19 bits per heavy atom. The number of phenols is 1. The Labute approximate surface area is 125 Å². The fourth-order valence-corrected chi connectivity index (χ4v) is 2.08. The molecule has 2 aromatic rings. The number of hydrogen-bond acceptors (Lipinski definition) is 3. The Hall–Kier alpha value is -2.29. The van der Waals surface area contributed by atoms with E-state index in [0.29, 0.717) is 17.2 Å². The number of aromatic hydroxyl groups is 1. The van der Waals surface area contributed by atoms with Gasteiger partial charge in [-0.2, -0.15) is 0 Å². The number of nitrogens with zero attached hydrogens (tertiary/aromatic N) is 1. The van der Waals surface area contributed by atoms with E-state index in [2.05, 4.69) is 31.0 Å². The van der Waals surface area contributed by atoms with E-state index in [-0.39, 0.29) is 5.75 Å². The Balaban J connectivity index is 2.18. The van der Waals surface area contributed by atoms with Crippen LogP contribution in [0.1, 0.15) is 37.3 Å². The van der Waals surface area contributed by atoms with E-state index in [0.717, 1.165) is 12.1 Å². The molecule has 0 aliphatic carbocycles. The van der Waals surface area contributed by atoms with Crippen molar-refractivity contribution in [2.24, 2.45) is 4.99 Å². The summed E-state index contributed by atoms with van der Waals surface area (Å²) in [7, 11) is 1.53. The first-order chi connectivity index (χ1) is 10.2. The van der Waals surface area contributed by atoms with Crippen LogP contribution in [0.4, 0.5) is 5.69 Å². The third-order valence-corrected chi connectivity index (χ3v) is 3.68. The van der Waals surface area contributed by atoms with Gasteiger partial charge in [-0.25, -0.2) is 0 Å². The van der Waals surface area contributed by atoms with Gasteiger partial charge in [-0.3, -0.25) is 4.99 Å². The summed E-state index contributed by atoms with van der Waals surface area (Å²) >= 11 is 0. The van der Waals surface area contributed by atoms with Gasteiger partial charge in [-0.15, -0.1) is 0 Å². The first-order valence-electron chi connectivity index (χ1n) is 7.15. The third kappa shape index (κ3) is 3.63. The van der Waals surface area contributed by atoms with Crippen molar-refractivity contribution in [3.05, 3.63) is 53.6 Å². The van der Waals surface area contributed by atoms with Gasteiger partial charge >= 0.3 is 0 Å². The maximum atomic E-state index is 10.00. The molecule has 0 saturated heterocycles. The van der Waals surface area contributed by atoms with Gasteiger partial charge in [0.25, 0.3) is 0 Å². The van der Waals surface area contributed by atoms with Crippen LogP contribution in [0.2, 0.25) is 0 Å². The molecule has 2 rings (SSSR count). The average Bonchev–Trinajstić information content (AvgIpc) is 2.53. The largest absolute Gasteiger partial charge is 0.504 e. The smallest absolute Gasteiger partial charge is 0.166 e. The molecule has 2 aromatic carbocycles. The van der Waals surface area contributed by atoms with E-state index in [1.54, 1.807) is 18.3 Å². The zero-order valence-corrected chi connectivity index (χ0v) is 12.7. The molecule has 0 amide bonds. The van der Waals surface area contributed by atoms with Gasteiger partial charge in [-0.05, 0) is 42.2 Å². The van der Waals surface area contributed by atoms with Crippen molar-refractivity contribution in [1.82, 2.24) is 0 Å². The van der Waals surface area contributed by atoms with E-state index in [1.807, 2.05) is 18.2 Å². The zero-order valence-electron chi connectivity index (χ0n) is 12.7. The van der Waals surface area contributed by atoms with Crippen LogP contribution in [0.15, 0.2) is 47.5 Å². The molecule has 3 nitrogen and oxygen atoms in total. The van der Waals surface area contributed by atoms with Crippen LogP contribution in [-0.4, -0.2) is 18.4 Å². The second-order valence-electron chi connectivity index (χ2n) is 5.06.